The van der Waals surface area contributed by atoms with Crippen LogP contribution in [0.25, 0.3) is 0 Å². The molecule has 6 nitrogen and oxygen atoms in total. The van der Waals surface area contributed by atoms with Crippen LogP contribution in [0.2, 0.25) is 0 Å². The summed E-state index contributed by atoms with van der Waals surface area (Å²) in [4.78, 5) is 26.3. The van der Waals surface area contributed by atoms with Crippen molar-refractivity contribution in [1.82, 2.24) is 0 Å². The normalized spacial score (nSPS) is 12.0. The Bertz CT molecular complexity index is 1720. The van der Waals surface area contributed by atoms with Crippen molar-refractivity contribution >= 4 is 11.9 Å². The van der Waals surface area contributed by atoms with E-state index in [0.29, 0.717) is 34.1 Å². The van der Waals surface area contributed by atoms with Crippen molar-refractivity contribution in [3.8, 4) is 23.0 Å². The largest absolute Gasteiger partial charge is 0.488 e. The van der Waals surface area contributed by atoms with Crippen LogP contribution < -0.4 is 18.9 Å². The van der Waals surface area contributed by atoms with Crippen molar-refractivity contribution in [2.45, 2.75) is 99.7 Å². The molecule has 0 aliphatic heterocycles. The highest BCUT2D eigenvalue weighted by molar-refractivity contribution is 5.94. The number of ether oxygens (including phenoxy) is 4. The Morgan fingerprint density at radius 3 is 1.30 bits per heavy atom. The van der Waals surface area contributed by atoms with Gasteiger partial charge in [-0.25, -0.2) is 9.59 Å². The highest BCUT2D eigenvalue weighted by Crippen LogP contribution is 2.38. The molecular formula is C41H48O6. The van der Waals surface area contributed by atoms with E-state index >= 15 is 0 Å². The molecule has 0 saturated heterocycles. The molecule has 0 fully saturated rings. The van der Waals surface area contributed by atoms with Crippen molar-refractivity contribution in [3.05, 3.63) is 117 Å². The Morgan fingerprint density at radius 2 is 0.872 bits per heavy atom. The second-order valence-corrected chi connectivity index (χ2v) is 14.8. The molecule has 0 heterocycles. The number of hydrogen-bond acceptors (Lipinski definition) is 6. The van der Waals surface area contributed by atoms with E-state index in [-0.39, 0.29) is 11.2 Å². The third kappa shape index (κ3) is 8.82. The summed E-state index contributed by atoms with van der Waals surface area (Å²) in [5.74, 6) is 1.59. The summed E-state index contributed by atoms with van der Waals surface area (Å²) in [5, 5.41) is 0. The SMILES string of the molecule is Cc1cc(C(C)(C)c2cc(C)c(C(=O)Oc3ccc(OC(C)(C)C)cc3)c(C)c2)cc(C)c1OC(=O)c1ccc(OC(C)(C)C)cc1. The fraction of sp³-hybridized carbons (Fsp3) is 0.366. The summed E-state index contributed by atoms with van der Waals surface area (Å²) >= 11 is 0. The van der Waals surface area contributed by atoms with Gasteiger partial charge >= 0.3 is 11.9 Å². The van der Waals surface area contributed by atoms with Crippen LogP contribution in [-0.2, 0) is 5.41 Å². The van der Waals surface area contributed by atoms with Crippen molar-refractivity contribution in [1.29, 1.82) is 0 Å². The smallest absolute Gasteiger partial charge is 0.344 e. The Kier molecular flexibility index (Phi) is 9.96. The molecule has 4 aromatic carbocycles. The van der Waals surface area contributed by atoms with Crippen LogP contribution in [0.4, 0.5) is 0 Å². The van der Waals surface area contributed by atoms with E-state index in [1.54, 1.807) is 48.5 Å². The summed E-state index contributed by atoms with van der Waals surface area (Å²) < 4.78 is 23.4. The minimum atomic E-state index is -0.423. The second-order valence-electron chi connectivity index (χ2n) is 14.8. The number of rotatable bonds is 8. The average molecular weight is 637 g/mol. The van der Waals surface area contributed by atoms with Crippen LogP contribution in [0, 0.1) is 27.7 Å². The van der Waals surface area contributed by atoms with E-state index < -0.39 is 17.4 Å². The number of carbonyl (C=O) groups is 2. The molecule has 0 bridgehead atoms. The number of hydrogen-bond donors (Lipinski definition) is 0. The molecule has 0 atom stereocenters. The van der Waals surface area contributed by atoms with Crippen molar-refractivity contribution in [2.75, 3.05) is 0 Å². The molecule has 4 aromatic rings. The molecule has 0 aliphatic carbocycles. The Labute approximate surface area is 280 Å². The third-order valence-electron chi connectivity index (χ3n) is 7.81. The molecule has 0 unspecified atom stereocenters. The van der Waals surface area contributed by atoms with E-state index in [2.05, 4.69) is 38.1 Å². The molecule has 248 valence electrons. The highest BCUT2D eigenvalue weighted by atomic mass is 16.5. The summed E-state index contributed by atoms with van der Waals surface area (Å²) in [7, 11) is 0. The molecule has 47 heavy (non-hydrogen) atoms. The third-order valence-corrected chi connectivity index (χ3v) is 7.81. The molecule has 0 aromatic heterocycles. The Morgan fingerprint density at radius 1 is 0.489 bits per heavy atom. The lowest BCUT2D eigenvalue weighted by atomic mass is 9.75. The van der Waals surface area contributed by atoms with Gasteiger partial charge in [0.15, 0.2) is 0 Å². The van der Waals surface area contributed by atoms with Crippen LogP contribution in [0.3, 0.4) is 0 Å². The van der Waals surface area contributed by atoms with Crippen molar-refractivity contribution in [2.24, 2.45) is 0 Å². The van der Waals surface area contributed by atoms with Crippen LogP contribution in [0.15, 0.2) is 72.8 Å². The molecular weight excluding hydrogens is 588 g/mol. The first-order chi connectivity index (χ1) is 21.7. The highest BCUT2D eigenvalue weighted by Gasteiger charge is 2.28. The molecule has 0 spiro atoms. The second kappa shape index (κ2) is 13.3. The quantitative estimate of drug-likeness (QED) is 0.142. The van der Waals surface area contributed by atoms with Gasteiger partial charge in [0.05, 0.1) is 11.1 Å². The van der Waals surface area contributed by atoms with Gasteiger partial charge in [0.1, 0.15) is 34.2 Å². The molecule has 0 aliphatic rings. The first kappa shape index (κ1) is 35.3. The zero-order chi connectivity index (χ0) is 34.9. The van der Waals surface area contributed by atoms with Crippen LogP contribution in [0.1, 0.15) is 109 Å². The van der Waals surface area contributed by atoms with Crippen molar-refractivity contribution < 1.29 is 28.5 Å². The standard InChI is InChI=1S/C41H48O6/c1-25-21-30(22-26(2)35(25)38(43)44-32-17-19-34(20-18-32)47-40(8,9)10)41(11,12)31-23-27(3)36(28(4)24-31)45-37(42)29-13-15-33(16-14-29)46-39(5,6)7/h13-24H,1-12H3. The summed E-state index contributed by atoms with van der Waals surface area (Å²) in [5.41, 5.74) is 5.49. The molecule has 0 saturated carbocycles. The topological polar surface area (TPSA) is 71.1 Å². The number of esters is 2. The predicted octanol–water partition coefficient (Wildman–Crippen LogP) is 10.0. The van der Waals surface area contributed by atoms with Gasteiger partial charge in [0, 0.05) is 5.41 Å². The van der Waals surface area contributed by atoms with E-state index in [1.807, 2.05) is 69.2 Å². The van der Waals surface area contributed by atoms with E-state index in [4.69, 9.17) is 18.9 Å². The number of benzene rings is 4. The monoisotopic (exact) mass is 636 g/mol. The van der Waals surface area contributed by atoms with E-state index in [0.717, 1.165) is 33.4 Å². The zero-order valence-corrected chi connectivity index (χ0v) is 29.9. The molecule has 0 radical (unpaired) electrons. The molecule has 4 rings (SSSR count). The first-order valence-corrected chi connectivity index (χ1v) is 16.0. The molecule has 0 amide bonds. The van der Waals surface area contributed by atoms with Crippen LogP contribution in [-0.4, -0.2) is 23.1 Å². The van der Waals surface area contributed by atoms with E-state index in [1.165, 1.54) is 0 Å². The predicted molar refractivity (Wildman–Crippen MR) is 188 cm³/mol. The molecule has 6 heteroatoms. The molecule has 0 N–H and O–H groups in total. The summed E-state index contributed by atoms with van der Waals surface area (Å²) in [6.45, 7) is 24.0. The van der Waals surface area contributed by atoms with Gasteiger partial charge in [-0.3, -0.25) is 0 Å². The van der Waals surface area contributed by atoms with Crippen LogP contribution in [0.5, 0.6) is 23.0 Å². The summed E-state index contributed by atoms with van der Waals surface area (Å²) in [6.07, 6.45) is 0. The van der Waals surface area contributed by atoms with Gasteiger partial charge in [-0.1, -0.05) is 38.1 Å². The van der Waals surface area contributed by atoms with Crippen molar-refractivity contribution in [3.63, 3.8) is 0 Å². The zero-order valence-electron chi connectivity index (χ0n) is 29.9. The average Bonchev–Trinajstić information content (AvgIpc) is 2.94. The fourth-order valence-electron chi connectivity index (χ4n) is 5.54. The first-order valence-electron chi connectivity index (χ1n) is 16.0. The lowest BCUT2D eigenvalue weighted by Crippen LogP contribution is -2.23. The summed E-state index contributed by atoms with van der Waals surface area (Å²) in [6, 6.07) is 22.3. The van der Waals surface area contributed by atoms with Gasteiger partial charge in [-0.2, -0.15) is 0 Å². The fourth-order valence-corrected chi connectivity index (χ4v) is 5.54. The lowest BCUT2D eigenvalue weighted by molar-refractivity contribution is 0.0722. The number of carbonyl (C=O) groups excluding carboxylic acids is 2. The maximum absolute atomic E-state index is 13.3. The van der Waals surface area contributed by atoms with Gasteiger partial charge < -0.3 is 18.9 Å². The van der Waals surface area contributed by atoms with Gasteiger partial charge in [-0.05, 0) is 151 Å². The van der Waals surface area contributed by atoms with Gasteiger partial charge in [0.2, 0.25) is 0 Å². The number of aryl methyl sites for hydroxylation is 4. The Balaban J connectivity index is 1.52. The maximum atomic E-state index is 13.3. The lowest BCUT2D eigenvalue weighted by Gasteiger charge is -2.29. The van der Waals surface area contributed by atoms with Gasteiger partial charge in [-0.15, -0.1) is 0 Å². The maximum Gasteiger partial charge on any atom is 0.344 e. The van der Waals surface area contributed by atoms with Crippen LogP contribution >= 0.6 is 0 Å². The minimum Gasteiger partial charge on any atom is -0.488 e. The van der Waals surface area contributed by atoms with Gasteiger partial charge in [0.25, 0.3) is 0 Å². The minimum absolute atomic E-state index is 0.316. The van der Waals surface area contributed by atoms with E-state index in [9.17, 15) is 9.59 Å². The Hall–Kier alpha value is -4.58.